The summed E-state index contributed by atoms with van der Waals surface area (Å²) in [5.74, 6) is 0.888. The summed E-state index contributed by atoms with van der Waals surface area (Å²) in [4.78, 5) is 0. The second kappa shape index (κ2) is 5.89. The van der Waals surface area contributed by atoms with Crippen molar-refractivity contribution < 1.29 is 4.74 Å². The van der Waals surface area contributed by atoms with Crippen LogP contribution in [0, 0.1) is 6.92 Å². The Kier molecular flexibility index (Phi) is 4.22. The summed E-state index contributed by atoms with van der Waals surface area (Å²) in [5.41, 5.74) is 3.69. The molecule has 0 fully saturated rings. The van der Waals surface area contributed by atoms with Crippen molar-refractivity contribution in [2.45, 2.75) is 26.4 Å². The number of hydrogen-bond acceptors (Lipinski definition) is 3. The fourth-order valence-corrected chi connectivity index (χ4v) is 1.99. The molecule has 1 N–H and O–H groups in total. The van der Waals surface area contributed by atoms with Crippen LogP contribution in [0.4, 0.5) is 0 Å². The second-order valence-corrected chi connectivity index (χ2v) is 4.75. The summed E-state index contributed by atoms with van der Waals surface area (Å²) in [5, 5.41) is 7.76. The SMILES string of the molecule is COc1ccc([C@H](C)NCc2cnn(C)c2C)cc1. The lowest BCUT2D eigenvalue weighted by Gasteiger charge is -2.14. The van der Waals surface area contributed by atoms with Crippen molar-refractivity contribution in [3.63, 3.8) is 0 Å². The summed E-state index contributed by atoms with van der Waals surface area (Å²) in [6, 6.07) is 8.45. The highest BCUT2D eigenvalue weighted by atomic mass is 16.5. The Morgan fingerprint density at radius 1 is 1.32 bits per heavy atom. The van der Waals surface area contributed by atoms with Gasteiger partial charge in [0.25, 0.3) is 0 Å². The Morgan fingerprint density at radius 2 is 2.00 bits per heavy atom. The monoisotopic (exact) mass is 259 g/mol. The summed E-state index contributed by atoms with van der Waals surface area (Å²) in [7, 11) is 3.65. The van der Waals surface area contributed by atoms with Gasteiger partial charge in [0, 0.05) is 30.9 Å². The summed E-state index contributed by atoms with van der Waals surface area (Å²) in [6.45, 7) is 5.07. The molecule has 0 saturated carbocycles. The van der Waals surface area contributed by atoms with Gasteiger partial charge in [-0.2, -0.15) is 5.10 Å². The van der Waals surface area contributed by atoms with E-state index in [0.717, 1.165) is 12.3 Å². The van der Waals surface area contributed by atoms with Crippen molar-refractivity contribution in [1.29, 1.82) is 0 Å². The van der Waals surface area contributed by atoms with Gasteiger partial charge in [0.1, 0.15) is 5.75 Å². The molecule has 0 aliphatic carbocycles. The van der Waals surface area contributed by atoms with Crippen molar-refractivity contribution in [3.05, 3.63) is 47.3 Å². The maximum Gasteiger partial charge on any atom is 0.118 e. The van der Waals surface area contributed by atoms with Crippen LogP contribution in [-0.2, 0) is 13.6 Å². The van der Waals surface area contributed by atoms with Gasteiger partial charge < -0.3 is 10.1 Å². The molecule has 2 rings (SSSR count). The number of rotatable bonds is 5. The molecule has 0 amide bonds. The maximum absolute atomic E-state index is 5.17. The third-order valence-corrected chi connectivity index (χ3v) is 3.55. The molecule has 1 aromatic heterocycles. The minimum absolute atomic E-state index is 0.297. The number of benzene rings is 1. The molecule has 0 saturated heterocycles. The second-order valence-electron chi connectivity index (χ2n) is 4.75. The molecular formula is C15H21N3O. The number of nitrogens with zero attached hydrogens (tertiary/aromatic N) is 2. The van der Waals surface area contributed by atoms with Gasteiger partial charge >= 0.3 is 0 Å². The van der Waals surface area contributed by atoms with Crippen molar-refractivity contribution in [1.82, 2.24) is 15.1 Å². The van der Waals surface area contributed by atoms with E-state index < -0.39 is 0 Å². The first-order valence-electron chi connectivity index (χ1n) is 6.46. The normalized spacial score (nSPS) is 12.4. The summed E-state index contributed by atoms with van der Waals surface area (Å²) < 4.78 is 7.06. The Bertz CT molecular complexity index is 531. The predicted molar refractivity (Wildman–Crippen MR) is 76.2 cm³/mol. The fraction of sp³-hybridized carbons (Fsp3) is 0.400. The van der Waals surface area contributed by atoms with Crippen LogP contribution in [0.1, 0.15) is 29.8 Å². The van der Waals surface area contributed by atoms with E-state index in [1.54, 1.807) is 7.11 Å². The van der Waals surface area contributed by atoms with Crippen molar-refractivity contribution in [2.75, 3.05) is 7.11 Å². The van der Waals surface area contributed by atoms with Crippen LogP contribution in [0.5, 0.6) is 5.75 Å². The predicted octanol–water partition coefficient (Wildman–Crippen LogP) is 2.59. The average molecular weight is 259 g/mol. The van der Waals surface area contributed by atoms with Crippen molar-refractivity contribution in [3.8, 4) is 5.75 Å². The Balaban J connectivity index is 1.97. The van der Waals surface area contributed by atoms with Crippen LogP contribution >= 0.6 is 0 Å². The molecule has 4 heteroatoms. The third kappa shape index (κ3) is 3.15. The number of aryl methyl sites for hydroxylation is 1. The van der Waals surface area contributed by atoms with E-state index in [0.29, 0.717) is 6.04 Å². The van der Waals surface area contributed by atoms with Gasteiger partial charge in [0.15, 0.2) is 0 Å². The first kappa shape index (κ1) is 13.6. The number of nitrogens with one attached hydrogen (secondary N) is 1. The molecule has 1 aromatic carbocycles. The van der Waals surface area contributed by atoms with E-state index in [4.69, 9.17) is 4.74 Å². The average Bonchev–Trinajstić information content (AvgIpc) is 2.76. The minimum Gasteiger partial charge on any atom is -0.497 e. The first-order valence-corrected chi connectivity index (χ1v) is 6.46. The zero-order chi connectivity index (χ0) is 13.8. The largest absolute Gasteiger partial charge is 0.497 e. The first-order chi connectivity index (χ1) is 9.11. The molecule has 2 aromatic rings. The van der Waals surface area contributed by atoms with Gasteiger partial charge in [-0.15, -0.1) is 0 Å². The molecule has 0 bridgehead atoms. The van der Waals surface area contributed by atoms with E-state index in [-0.39, 0.29) is 0 Å². The van der Waals surface area contributed by atoms with E-state index in [9.17, 15) is 0 Å². The van der Waals surface area contributed by atoms with E-state index in [1.807, 2.05) is 30.1 Å². The molecule has 0 spiro atoms. The lowest BCUT2D eigenvalue weighted by atomic mass is 10.1. The minimum atomic E-state index is 0.297. The van der Waals surface area contributed by atoms with Gasteiger partial charge in [-0.05, 0) is 31.5 Å². The van der Waals surface area contributed by atoms with E-state index >= 15 is 0 Å². The Labute approximate surface area is 114 Å². The molecule has 102 valence electrons. The van der Waals surface area contributed by atoms with Gasteiger partial charge in [-0.3, -0.25) is 4.68 Å². The van der Waals surface area contributed by atoms with Gasteiger partial charge in [-0.1, -0.05) is 12.1 Å². The topological polar surface area (TPSA) is 39.1 Å². The zero-order valence-corrected chi connectivity index (χ0v) is 12.0. The zero-order valence-electron chi connectivity index (χ0n) is 12.0. The van der Waals surface area contributed by atoms with Crippen molar-refractivity contribution in [2.24, 2.45) is 7.05 Å². The van der Waals surface area contributed by atoms with Crippen LogP contribution in [-0.4, -0.2) is 16.9 Å². The van der Waals surface area contributed by atoms with Crippen LogP contribution in [0.2, 0.25) is 0 Å². The fourth-order valence-electron chi connectivity index (χ4n) is 1.99. The highest BCUT2D eigenvalue weighted by Gasteiger charge is 2.08. The molecule has 19 heavy (non-hydrogen) atoms. The number of methoxy groups -OCH3 is 1. The standard InChI is InChI=1S/C15H21N3O/c1-11(13-5-7-15(19-4)8-6-13)16-9-14-10-17-18(3)12(14)2/h5-8,10-11,16H,9H2,1-4H3/t11-/m0/s1. The van der Waals surface area contributed by atoms with Crippen LogP contribution in [0.25, 0.3) is 0 Å². The summed E-state index contributed by atoms with van der Waals surface area (Å²) in [6.07, 6.45) is 1.92. The smallest absolute Gasteiger partial charge is 0.118 e. The molecular weight excluding hydrogens is 238 g/mol. The molecule has 0 aliphatic rings. The lowest BCUT2D eigenvalue weighted by Crippen LogP contribution is -2.18. The third-order valence-electron chi connectivity index (χ3n) is 3.55. The highest BCUT2D eigenvalue weighted by molar-refractivity contribution is 5.29. The highest BCUT2D eigenvalue weighted by Crippen LogP contribution is 2.18. The molecule has 1 heterocycles. The quantitative estimate of drug-likeness (QED) is 0.897. The lowest BCUT2D eigenvalue weighted by molar-refractivity contribution is 0.414. The maximum atomic E-state index is 5.17. The number of hydrogen-bond donors (Lipinski definition) is 1. The van der Waals surface area contributed by atoms with E-state index in [1.165, 1.54) is 16.8 Å². The van der Waals surface area contributed by atoms with Crippen LogP contribution < -0.4 is 10.1 Å². The van der Waals surface area contributed by atoms with Crippen LogP contribution in [0.3, 0.4) is 0 Å². The van der Waals surface area contributed by atoms with E-state index in [2.05, 4.69) is 36.4 Å². The molecule has 0 radical (unpaired) electrons. The molecule has 1 atom stereocenters. The summed E-state index contributed by atoms with van der Waals surface area (Å²) >= 11 is 0. The van der Waals surface area contributed by atoms with Gasteiger partial charge in [0.05, 0.1) is 13.3 Å². The van der Waals surface area contributed by atoms with Gasteiger partial charge in [-0.25, -0.2) is 0 Å². The molecule has 4 nitrogen and oxygen atoms in total. The van der Waals surface area contributed by atoms with Gasteiger partial charge in [0.2, 0.25) is 0 Å². The Morgan fingerprint density at radius 3 is 2.53 bits per heavy atom. The number of ether oxygens (including phenoxy) is 1. The van der Waals surface area contributed by atoms with Crippen molar-refractivity contribution >= 4 is 0 Å². The molecule has 0 unspecified atom stereocenters. The number of aromatic nitrogens is 2. The van der Waals surface area contributed by atoms with Crippen LogP contribution in [0.15, 0.2) is 30.5 Å². The Hall–Kier alpha value is -1.81. The molecule has 0 aliphatic heterocycles.